The first kappa shape index (κ1) is 8.54. The summed E-state index contributed by atoms with van der Waals surface area (Å²) >= 11 is 0. The molecule has 1 saturated carbocycles. The van der Waals surface area contributed by atoms with E-state index in [1.807, 2.05) is 6.07 Å². The average molecular weight is 178 g/mol. The molecule has 13 heavy (non-hydrogen) atoms. The molecule has 0 saturated heterocycles. The fraction of sp³-hybridized carbons (Fsp3) is 0.545. The van der Waals surface area contributed by atoms with Gasteiger partial charge >= 0.3 is 0 Å². The molecule has 0 bridgehead atoms. The summed E-state index contributed by atoms with van der Waals surface area (Å²) in [6, 6.07) is 3.74. The van der Waals surface area contributed by atoms with Crippen LogP contribution in [0.4, 0.5) is 0 Å². The summed E-state index contributed by atoms with van der Waals surface area (Å²) in [4.78, 5) is 11.0. The molecule has 0 atom stereocenters. The molecule has 1 aliphatic carbocycles. The Morgan fingerprint density at radius 2 is 2.08 bits per heavy atom. The van der Waals surface area contributed by atoms with Crippen molar-refractivity contribution in [1.82, 2.24) is 0 Å². The number of furan rings is 1. The fourth-order valence-corrected chi connectivity index (χ4v) is 1.97. The highest BCUT2D eigenvalue weighted by Crippen LogP contribution is 2.34. The number of rotatable bonds is 2. The highest BCUT2D eigenvalue weighted by molar-refractivity contribution is 5.91. The SMILES string of the molecule is CC(=O)c1ccc(C2CCCC2)o1. The van der Waals surface area contributed by atoms with Gasteiger partial charge in [0.25, 0.3) is 0 Å². The second-order valence-corrected chi connectivity index (χ2v) is 3.74. The summed E-state index contributed by atoms with van der Waals surface area (Å²) in [6.45, 7) is 1.54. The van der Waals surface area contributed by atoms with E-state index >= 15 is 0 Å². The Balaban J connectivity index is 2.16. The molecule has 2 nitrogen and oxygen atoms in total. The number of hydrogen-bond acceptors (Lipinski definition) is 2. The van der Waals surface area contributed by atoms with Crippen molar-refractivity contribution >= 4 is 5.78 Å². The second-order valence-electron chi connectivity index (χ2n) is 3.74. The predicted octanol–water partition coefficient (Wildman–Crippen LogP) is 3.14. The van der Waals surface area contributed by atoms with Crippen LogP contribution in [0.25, 0.3) is 0 Å². The van der Waals surface area contributed by atoms with Crippen LogP contribution in [0.15, 0.2) is 16.5 Å². The van der Waals surface area contributed by atoms with Crippen LogP contribution in [-0.2, 0) is 0 Å². The summed E-state index contributed by atoms with van der Waals surface area (Å²) in [6.07, 6.45) is 5.01. The van der Waals surface area contributed by atoms with Gasteiger partial charge in [0.15, 0.2) is 11.5 Å². The zero-order chi connectivity index (χ0) is 9.26. The number of carbonyl (C=O) groups is 1. The highest BCUT2D eigenvalue weighted by Gasteiger charge is 2.20. The molecule has 1 aromatic rings. The molecule has 0 spiro atoms. The standard InChI is InChI=1S/C11H14O2/c1-8(12)10-6-7-11(13-10)9-4-2-3-5-9/h6-7,9H,2-5H2,1H3. The third kappa shape index (κ3) is 1.67. The molecule has 0 unspecified atom stereocenters. The molecule has 0 aliphatic heterocycles. The van der Waals surface area contributed by atoms with Crippen LogP contribution >= 0.6 is 0 Å². The minimum atomic E-state index is 0.0178. The lowest BCUT2D eigenvalue weighted by atomic mass is 10.1. The first-order valence-corrected chi connectivity index (χ1v) is 4.88. The fourth-order valence-electron chi connectivity index (χ4n) is 1.97. The Morgan fingerprint density at radius 1 is 1.38 bits per heavy atom. The third-order valence-electron chi connectivity index (χ3n) is 2.73. The van der Waals surface area contributed by atoms with E-state index in [1.165, 1.54) is 32.6 Å². The third-order valence-corrected chi connectivity index (χ3v) is 2.73. The molecular formula is C11H14O2. The van der Waals surface area contributed by atoms with Crippen LogP contribution in [-0.4, -0.2) is 5.78 Å². The first-order chi connectivity index (χ1) is 6.27. The number of carbonyl (C=O) groups excluding carboxylic acids is 1. The normalized spacial score (nSPS) is 17.9. The first-order valence-electron chi connectivity index (χ1n) is 4.88. The van der Waals surface area contributed by atoms with Crippen LogP contribution in [0.1, 0.15) is 54.8 Å². The number of Topliss-reactive ketones (excluding diaryl/α,β-unsaturated/α-hetero) is 1. The second kappa shape index (κ2) is 3.36. The van der Waals surface area contributed by atoms with E-state index in [9.17, 15) is 4.79 Å². The molecule has 2 heteroatoms. The largest absolute Gasteiger partial charge is 0.458 e. The molecule has 1 fully saturated rings. The molecule has 0 radical (unpaired) electrons. The Labute approximate surface area is 77.9 Å². The lowest BCUT2D eigenvalue weighted by Gasteiger charge is -2.02. The monoisotopic (exact) mass is 178 g/mol. The van der Waals surface area contributed by atoms with E-state index in [1.54, 1.807) is 6.07 Å². The van der Waals surface area contributed by atoms with Gasteiger partial charge in [0, 0.05) is 12.8 Å². The van der Waals surface area contributed by atoms with E-state index in [-0.39, 0.29) is 5.78 Å². The van der Waals surface area contributed by atoms with E-state index in [2.05, 4.69) is 0 Å². The predicted molar refractivity (Wildman–Crippen MR) is 49.9 cm³/mol. The molecule has 70 valence electrons. The molecule has 1 aliphatic rings. The van der Waals surface area contributed by atoms with Gasteiger partial charge in [0.1, 0.15) is 5.76 Å². The van der Waals surface area contributed by atoms with Crippen molar-refractivity contribution in [2.45, 2.75) is 38.5 Å². The molecule has 0 aromatic carbocycles. The van der Waals surface area contributed by atoms with Gasteiger partial charge in [-0.2, -0.15) is 0 Å². The Kier molecular flexibility index (Phi) is 2.21. The van der Waals surface area contributed by atoms with Crippen molar-refractivity contribution in [2.24, 2.45) is 0 Å². The maximum absolute atomic E-state index is 11.0. The van der Waals surface area contributed by atoms with Gasteiger partial charge < -0.3 is 4.42 Å². The average Bonchev–Trinajstić information content (AvgIpc) is 2.75. The van der Waals surface area contributed by atoms with Crippen molar-refractivity contribution < 1.29 is 9.21 Å². The van der Waals surface area contributed by atoms with Crippen molar-refractivity contribution in [3.05, 3.63) is 23.7 Å². The van der Waals surface area contributed by atoms with Gasteiger partial charge in [-0.15, -0.1) is 0 Å². The van der Waals surface area contributed by atoms with Crippen molar-refractivity contribution in [2.75, 3.05) is 0 Å². The van der Waals surface area contributed by atoms with Gasteiger partial charge in [0.05, 0.1) is 0 Å². The maximum atomic E-state index is 11.0. The van der Waals surface area contributed by atoms with E-state index < -0.39 is 0 Å². The van der Waals surface area contributed by atoms with Gasteiger partial charge in [-0.1, -0.05) is 12.8 Å². The van der Waals surface area contributed by atoms with Crippen molar-refractivity contribution in [1.29, 1.82) is 0 Å². The summed E-state index contributed by atoms with van der Waals surface area (Å²) in [5.74, 6) is 2.09. The Hall–Kier alpha value is -1.05. The number of ketones is 1. The number of hydrogen-bond donors (Lipinski definition) is 0. The van der Waals surface area contributed by atoms with E-state index in [4.69, 9.17) is 4.42 Å². The Morgan fingerprint density at radius 3 is 2.62 bits per heavy atom. The van der Waals surface area contributed by atoms with Gasteiger partial charge in [-0.3, -0.25) is 4.79 Å². The minimum absolute atomic E-state index is 0.0178. The molecule has 1 heterocycles. The molecule has 1 aromatic heterocycles. The zero-order valence-corrected chi connectivity index (χ0v) is 7.88. The maximum Gasteiger partial charge on any atom is 0.194 e. The molecular weight excluding hydrogens is 164 g/mol. The molecule has 0 N–H and O–H groups in total. The zero-order valence-electron chi connectivity index (χ0n) is 7.88. The van der Waals surface area contributed by atoms with Crippen LogP contribution in [0.3, 0.4) is 0 Å². The van der Waals surface area contributed by atoms with Crippen LogP contribution in [0.5, 0.6) is 0 Å². The van der Waals surface area contributed by atoms with Gasteiger partial charge in [-0.05, 0) is 25.0 Å². The van der Waals surface area contributed by atoms with E-state index in [0.717, 1.165) is 5.76 Å². The topological polar surface area (TPSA) is 30.2 Å². The summed E-state index contributed by atoms with van der Waals surface area (Å²) < 4.78 is 5.48. The molecule has 2 rings (SSSR count). The van der Waals surface area contributed by atoms with E-state index in [0.29, 0.717) is 11.7 Å². The lowest BCUT2D eigenvalue weighted by Crippen LogP contribution is -1.90. The quantitative estimate of drug-likeness (QED) is 0.651. The smallest absolute Gasteiger partial charge is 0.194 e. The van der Waals surface area contributed by atoms with Crippen molar-refractivity contribution in [3.63, 3.8) is 0 Å². The van der Waals surface area contributed by atoms with Crippen molar-refractivity contribution in [3.8, 4) is 0 Å². The summed E-state index contributed by atoms with van der Waals surface area (Å²) in [5.41, 5.74) is 0. The Bertz CT molecular complexity index is 306. The summed E-state index contributed by atoms with van der Waals surface area (Å²) in [5, 5.41) is 0. The van der Waals surface area contributed by atoms with Crippen LogP contribution in [0, 0.1) is 0 Å². The molecule has 0 amide bonds. The van der Waals surface area contributed by atoms with Gasteiger partial charge in [-0.25, -0.2) is 0 Å². The van der Waals surface area contributed by atoms with Crippen LogP contribution in [0.2, 0.25) is 0 Å². The summed E-state index contributed by atoms with van der Waals surface area (Å²) in [7, 11) is 0. The van der Waals surface area contributed by atoms with Gasteiger partial charge in [0.2, 0.25) is 0 Å². The van der Waals surface area contributed by atoms with Crippen LogP contribution < -0.4 is 0 Å². The lowest BCUT2D eigenvalue weighted by molar-refractivity contribution is 0.0985. The highest BCUT2D eigenvalue weighted by atomic mass is 16.3. The minimum Gasteiger partial charge on any atom is -0.458 e.